The van der Waals surface area contributed by atoms with Crippen molar-refractivity contribution in [2.24, 2.45) is 10.9 Å². The molecule has 0 atom stereocenters. The van der Waals surface area contributed by atoms with E-state index in [1.807, 2.05) is 0 Å². The molecule has 1 aromatic heterocycles. The number of hydrogen-bond donors (Lipinski definition) is 3. The fourth-order valence-electron chi connectivity index (χ4n) is 1.88. The molecular weight excluding hydrogens is 294 g/mol. The van der Waals surface area contributed by atoms with Crippen LogP contribution in [0.3, 0.4) is 0 Å². The molecule has 1 aromatic carbocycles. The van der Waals surface area contributed by atoms with Crippen LogP contribution in [0.2, 0.25) is 0 Å². The monoisotopic (exact) mass is 309 g/mol. The summed E-state index contributed by atoms with van der Waals surface area (Å²) in [5.41, 5.74) is 7.12. The zero-order valence-corrected chi connectivity index (χ0v) is 12.1. The molecule has 8 heteroatoms. The molecule has 1 heterocycles. The van der Waals surface area contributed by atoms with Gasteiger partial charge in [-0.2, -0.15) is 0 Å². The van der Waals surface area contributed by atoms with E-state index in [0.29, 0.717) is 22.6 Å². The first-order chi connectivity index (χ1) is 9.79. The fraction of sp³-hybridized carbons (Fsp3) is 0.154. The summed E-state index contributed by atoms with van der Waals surface area (Å²) in [5, 5.41) is 7.72. The van der Waals surface area contributed by atoms with E-state index in [0.717, 1.165) is 0 Å². The molecule has 0 aliphatic heterocycles. The van der Waals surface area contributed by atoms with E-state index in [1.54, 1.807) is 25.1 Å². The summed E-state index contributed by atoms with van der Waals surface area (Å²) in [5.74, 6) is -0.103. The summed E-state index contributed by atoms with van der Waals surface area (Å²) in [6.45, 7) is 2.01. The van der Waals surface area contributed by atoms with Gasteiger partial charge in [-0.3, -0.25) is 4.79 Å². The topological polar surface area (TPSA) is 128 Å². The van der Waals surface area contributed by atoms with E-state index in [-0.39, 0.29) is 11.6 Å². The van der Waals surface area contributed by atoms with Crippen LogP contribution >= 0.6 is 0 Å². The second kappa shape index (κ2) is 5.58. The van der Waals surface area contributed by atoms with Crippen LogP contribution in [0.5, 0.6) is 0 Å². The molecule has 0 spiro atoms. The van der Waals surface area contributed by atoms with Crippen LogP contribution in [0.1, 0.15) is 21.7 Å². The maximum atomic E-state index is 11.3. The largest absolute Gasteiger partial charge is 0.446 e. The molecule has 0 saturated carbocycles. The predicted molar refractivity (Wildman–Crippen MR) is 77.1 cm³/mol. The standard InChI is InChI=1S/C13H15N3O4S/c1-8-10(13(14)17)3-2-4-11(8)16-7-9-5-6-12(20-9)21(15,18)19/h2-6,16H,7H2,1H3,(H2,14,17)(H2,15,18,19). The Balaban J connectivity index is 2.16. The van der Waals surface area contributed by atoms with E-state index < -0.39 is 15.9 Å². The highest BCUT2D eigenvalue weighted by Gasteiger charge is 2.13. The van der Waals surface area contributed by atoms with Crippen molar-refractivity contribution in [3.63, 3.8) is 0 Å². The average molecular weight is 309 g/mol. The quantitative estimate of drug-likeness (QED) is 0.757. The van der Waals surface area contributed by atoms with Crippen LogP contribution in [0.4, 0.5) is 5.69 Å². The number of nitrogens with one attached hydrogen (secondary N) is 1. The lowest BCUT2D eigenvalue weighted by Gasteiger charge is -2.10. The molecule has 0 fully saturated rings. The number of benzene rings is 1. The van der Waals surface area contributed by atoms with E-state index in [4.69, 9.17) is 15.3 Å². The van der Waals surface area contributed by atoms with Crippen molar-refractivity contribution in [2.45, 2.75) is 18.6 Å². The molecule has 21 heavy (non-hydrogen) atoms. The molecule has 0 aliphatic rings. The molecule has 0 aliphatic carbocycles. The Kier molecular flexibility index (Phi) is 4.01. The summed E-state index contributed by atoms with van der Waals surface area (Å²) >= 11 is 0. The third-order valence-electron chi connectivity index (χ3n) is 2.97. The van der Waals surface area contributed by atoms with Gasteiger partial charge in [0.2, 0.25) is 11.0 Å². The molecule has 5 N–H and O–H groups in total. The highest BCUT2D eigenvalue weighted by Crippen LogP contribution is 2.20. The third-order valence-corrected chi connectivity index (χ3v) is 3.75. The van der Waals surface area contributed by atoms with E-state index in [9.17, 15) is 13.2 Å². The van der Waals surface area contributed by atoms with E-state index >= 15 is 0 Å². The van der Waals surface area contributed by atoms with Crippen LogP contribution in [0.15, 0.2) is 39.8 Å². The third kappa shape index (κ3) is 3.41. The minimum atomic E-state index is -3.85. The van der Waals surface area contributed by atoms with Gasteiger partial charge in [-0.1, -0.05) is 6.07 Å². The van der Waals surface area contributed by atoms with Crippen LogP contribution in [-0.2, 0) is 16.6 Å². The van der Waals surface area contributed by atoms with E-state index in [2.05, 4.69) is 5.32 Å². The van der Waals surface area contributed by atoms with Crippen molar-refractivity contribution in [1.82, 2.24) is 0 Å². The average Bonchev–Trinajstić information content (AvgIpc) is 2.86. The fourth-order valence-corrected chi connectivity index (χ4v) is 2.36. The lowest BCUT2D eigenvalue weighted by molar-refractivity contribution is 0.0999. The van der Waals surface area contributed by atoms with Gasteiger partial charge in [0.05, 0.1) is 6.54 Å². The first-order valence-electron chi connectivity index (χ1n) is 6.04. The van der Waals surface area contributed by atoms with Gasteiger partial charge in [0.1, 0.15) is 5.76 Å². The number of sulfonamides is 1. The van der Waals surface area contributed by atoms with E-state index in [1.165, 1.54) is 12.1 Å². The molecule has 112 valence electrons. The van der Waals surface area contributed by atoms with Crippen molar-refractivity contribution in [3.8, 4) is 0 Å². The van der Waals surface area contributed by atoms with Crippen molar-refractivity contribution in [3.05, 3.63) is 47.2 Å². The SMILES string of the molecule is Cc1c(NCc2ccc(S(N)(=O)=O)o2)cccc1C(N)=O. The smallest absolute Gasteiger partial charge is 0.271 e. The lowest BCUT2D eigenvalue weighted by atomic mass is 10.1. The van der Waals surface area contributed by atoms with Gasteiger partial charge in [-0.05, 0) is 36.8 Å². The minimum absolute atomic E-state index is 0.249. The molecule has 7 nitrogen and oxygen atoms in total. The number of primary amides is 1. The number of furan rings is 1. The summed E-state index contributed by atoms with van der Waals surface area (Å²) in [4.78, 5) is 11.3. The Labute approximate surface area is 122 Å². The Bertz CT molecular complexity index is 780. The van der Waals surface area contributed by atoms with Crippen LogP contribution in [0.25, 0.3) is 0 Å². The number of nitrogens with two attached hydrogens (primary N) is 2. The Morgan fingerprint density at radius 3 is 2.57 bits per heavy atom. The van der Waals surface area contributed by atoms with Crippen LogP contribution in [-0.4, -0.2) is 14.3 Å². The summed E-state index contributed by atoms with van der Waals surface area (Å²) in [6.07, 6.45) is 0. The van der Waals surface area contributed by atoms with Gasteiger partial charge in [0.15, 0.2) is 0 Å². The molecule has 2 rings (SSSR count). The number of rotatable bonds is 5. The zero-order chi connectivity index (χ0) is 15.6. The Morgan fingerprint density at radius 1 is 1.29 bits per heavy atom. The summed E-state index contributed by atoms with van der Waals surface area (Å²) < 4.78 is 27.3. The molecule has 0 unspecified atom stereocenters. The second-order valence-corrected chi connectivity index (χ2v) is 5.95. The Hall–Kier alpha value is -2.32. The van der Waals surface area contributed by atoms with Gasteiger partial charge in [0.25, 0.3) is 10.0 Å². The van der Waals surface area contributed by atoms with Crippen LogP contribution in [0, 0.1) is 6.92 Å². The summed E-state index contributed by atoms with van der Waals surface area (Å²) in [6, 6.07) is 7.92. The highest BCUT2D eigenvalue weighted by atomic mass is 32.2. The number of hydrogen-bond acceptors (Lipinski definition) is 5. The lowest BCUT2D eigenvalue weighted by Crippen LogP contribution is -2.13. The maximum absolute atomic E-state index is 11.3. The number of carbonyl (C=O) groups is 1. The van der Waals surface area contributed by atoms with Crippen molar-refractivity contribution in [1.29, 1.82) is 0 Å². The molecule has 0 saturated heterocycles. The first-order valence-corrected chi connectivity index (χ1v) is 7.58. The second-order valence-electron chi connectivity index (χ2n) is 4.46. The zero-order valence-electron chi connectivity index (χ0n) is 11.3. The molecule has 1 amide bonds. The first kappa shape index (κ1) is 15.1. The number of primary sulfonamides is 1. The summed E-state index contributed by atoms with van der Waals surface area (Å²) in [7, 11) is -3.85. The predicted octanol–water partition coefficient (Wildman–Crippen LogP) is 0.946. The van der Waals surface area contributed by atoms with Gasteiger partial charge >= 0.3 is 0 Å². The maximum Gasteiger partial charge on any atom is 0.271 e. The van der Waals surface area contributed by atoms with Crippen LogP contribution < -0.4 is 16.2 Å². The molecule has 0 radical (unpaired) electrons. The van der Waals surface area contributed by atoms with Crippen molar-refractivity contribution in [2.75, 3.05) is 5.32 Å². The number of amides is 1. The Morgan fingerprint density at radius 2 is 2.00 bits per heavy atom. The van der Waals surface area contributed by atoms with Gasteiger partial charge in [0, 0.05) is 11.3 Å². The van der Waals surface area contributed by atoms with Gasteiger partial charge in [-0.25, -0.2) is 13.6 Å². The molecule has 0 bridgehead atoms. The molecule has 2 aromatic rings. The van der Waals surface area contributed by atoms with Crippen molar-refractivity contribution >= 4 is 21.6 Å². The molecular formula is C13H15N3O4S. The minimum Gasteiger partial charge on any atom is -0.446 e. The number of anilines is 1. The normalized spacial score (nSPS) is 11.3. The van der Waals surface area contributed by atoms with Crippen molar-refractivity contribution < 1.29 is 17.6 Å². The van der Waals surface area contributed by atoms with Gasteiger partial charge < -0.3 is 15.5 Å². The highest BCUT2D eigenvalue weighted by molar-refractivity contribution is 7.89. The van der Waals surface area contributed by atoms with Gasteiger partial charge in [-0.15, -0.1) is 0 Å². The number of carbonyl (C=O) groups excluding carboxylic acids is 1.